The number of benzene rings is 2. The number of carbonyl (C=O) groups is 1. The molecule has 1 unspecified atom stereocenters. The number of hydrogen-bond donors (Lipinski definition) is 2. The second kappa shape index (κ2) is 10.5. The number of carbonyl (C=O) groups excluding carboxylic acids is 1. The smallest absolute Gasteiger partial charge is 0.248 e. The zero-order chi connectivity index (χ0) is 25.9. The van der Waals surface area contributed by atoms with Crippen LogP contribution in [0.25, 0.3) is 10.2 Å². The Kier molecular flexibility index (Phi) is 7.04. The Labute approximate surface area is 219 Å². The van der Waals surface area contributed by atoms with Crippen LogP contribution in [0.3, 0.4) is 0 Å². The van der Waals surface area contributed by atoms with Crippen molar-refractivity contribution in [2.45, 2.75) is 39.3 Å². The van der Waals surface area contributed by atoms with E-state index in [0.717, 1.165) is 59.4 Å². The fraction of sp³-hybridized carbons (Fsp3) is 0.286. The summed E-state index contributed by atoms with van der Waals surface area (Å²) in [5.74, 6) is 1.36. The van der Waals surface area contributed by atoms with E-state index < -0.39 is 5.91 Å². The molecule has 4 aromatic rings. The molecule has 188 valence electrons. The SMILES string of the molecule is Cc1cc(C#N)cc(C)c1Oc1nc(NC2CCCN(Cc3ccc(C(N)=O)cc3)C2)nc2ccsc12. The number of thiophene rings is 1. The van der Waals surface area contributed by atoms with Gasteiger partial charge in [-0.05, 0) is 85.6 Å². The molecule has 1 atom stereocenters. The van der Waals surface area contributed by atoms with Crippen LogP contribution in [0, 0.1) is 25.2 Å². The monoisotopic (exact) mass is 512 g/mol. The standard InChI is InChI=1S/C28H28N6O2S/c1-17-12-20(14-29)13-18(2)24(17)36-27-25-23(9-11-37-25)32-28(33-27)31-22-4-3-10-34(16-22)15-19-5-7-21(8-6-19)26(30)35/h5-9,11-13,22H,3-4,10,15-16H2,1-2H3,(H2,30,35)(H,31,32,33). The molecule has 1 amide bonds. The van der Waals surface area contributed by atoms with E-state index in [0.29, 0.717) is 28.7 Å². The second-order valence-electron chi connectivity index (χ2n) is 9.42. The van der Waals surface area contributed by atoms with E-state index in [1.54, 1.807) is 23.5 Å². The van der Waals surface area contributed by atoms with Crippen molar-refractivity contribution in [1.82, 2.24) is 14.9 Å². The highest BCUT2D eigenvalue weighted by Gasteiger charge is 2.22. The van der Waals surface area contributed by atoms with Crippen LogP contribution in [-0.2, 0) is 6.54 Å². The summed E-state index contributed by atoms with van der Waals surface area (Å²) in [6.45, 7) is 6.53. The van der Waals surface area contributed by atoms with Gasteiger partial charge in [0.2, 0.25) is 17.7 Å². The first kappa shape index (κ1) is 24.7. The van der Waals surface area contributed by atoms with Crippen molar-refractivity contribution < 1.29 is 9.53 Å². The highest BCUT2D eigenvalue weighted by Crippen LogP contribution is 2.35. The Morgan fingerprint density at radius 2 is 1.97 bits per heavy atom. The number of nitrogens with zero attached hydrogens (tertiary/aromatic N) is 4. The number of nitriles is 1. The average Bonchev–Trinajstić information content (AvgIpc) is 3.35. The summed E-state index contributed by atoms with van der Waals surface area (Å²) in [6, 6.07) is 15.5. The fourth-order valence-corrected chi connectivity index (χ4v) is 5.53. The summed E-state index contributed by atoms with van der Waals surface area (Å²) >= 11 is 1.54. The number of nitrogens with two attached hydrogens (primary N) is 1. The van der Waals surface area contributed by atoms with E-state index in [9.17, 15) is 10.1 Å². The van der Waals surface area contributed by atoms with Crippen molar-refractivity contribution >= 4 is 33.4 Å². The lowest BCUT2D eigenvalue weighted by molar-refractivity contribution is 0.1000. The Morgan fingerprint density at radius 1 is 1.22 bits per heavy atom. The molecule has 3 N–H and O–H groups in total. The van der Waals surface area contributed by atoms with Crippen LogP contribution >= 0.6 is 11.3 Å². The molecule has 0 bridgehead atoms. The minimum absolute atomic E-state index is 0.195. The second-order valence-corrected chi connectivity index (χ2v) is 10.3. The summed E-state index contributed by atoms with van der Waals surface area (Å²) in [6.07, 6.45) is 2.08. The lowest BCUT2D eigenvalue weighted by atomic mass is 10.0. The predicted octanol–water partition coefficient (Wildman–Crippen LogP) is 5.15. The van der Waals surface area contributed by atoms with Crippen LogP contribution in [0.4, 0.5) is 5.95 Å². The van der Waals surface area contributed by atoms with Gasteiger partial charge in [-0.15, -0.1) is 11.3 Å². The van der Waals surface area contributed by atoms with Gasteiger partial charge in [0.05, 0.1) is 17.1 Å². The predicted molar refractivity (Wildman–Crippen MR) is 145 cm³/mol. The summed E-state index contributed by atoms with van der Waals surface area (Å²) in [7, 11) is 0. The van der Waals surface area contributed by atoms with Crippen molar-refractivity contribution in [2.75, 3.05) is 18.4 Å². The first-order valence-corrected chi connectivity index (χ1v) is 13.1. The largest absolute Gasteiger partial charge is 0.437 e. The van der Waals surface area contributed by atoms with E-state index in [-0.39, 0.29) is 6.04 Å². The van der Waals surface area contributed by atoms with Crippen molar-refractivity contribution in [3.05, 3.63) is 75.7 Å². The molecular formula is C28H28N6O2S. The number of likely N-dealkylation sites (tertiary alicyclic amines) is 1. The fourth-order valence-electron chi connectivity index (χ4n) is 4.77. The molecule has 0 aliphatic carbocycles. The number of aromatic nitrogens is 2. The van der Waals surface area contributed by atoms with Gasteiger partial charge in [0, 0.05) is 24.7 Å². The zero-order valence-corrected chi connectivity index (χ0v) is 21.6. The number of piperidine rings is 1. The van der Waals surface area contributed by atoms with Crippen molar-refractivity contribution in [2.24, 2.45) is 5.73 Å². The molecule has 3 heterocycles. The van der Waals surface area contributed by atoms with Gasteiger partial charge >= 0.3 is 0 Å². The van der Waals surface area contributed by atoms with Crippen molar-refractivity contribution in [1.29, 1.82) is 5.26 Å². The maximum Gasteiger partial charge on any atom is 0.248 e. The molecular weight excluding hydrogens is 484 g/mol. The molecule has 1 fully saturated rings. The quantitative estimate of drug-likeness (QED) is 0.352. The van der Waals surface area contributed by atoms with Gasteiger partial charge in [-0.1, -0.05) is 12.1 Å². The Morgan fingerprint density at radius 3 is 2.68 bits per heavy atom. The number of amides is 1. The Bertz CT molecular complexity index is 1470. The third-order valence-electron chi connectivity index (χ3n) is 6.54. The number of fused-ring (bicyclic) bond motifs is 1. The van der Waals surface area contributed by atoms with Crippen LogP contribution in [-0.4, -0.2) is 39.9 Å². The van der Waals surface area contributed by atoms with Gasteiger partial charge in [0.25, 0.3) is 0 Å². The van der Waals surface area contributed by atoms with Gasteiger partial charge in [-0.25, -0.2) is 4.98 Å². The van der Waals surface area contributed by atoms with Gasteiger partial charge in [-0.3, -0.25) is 9.69 Å². The van der Waals surface area contributed by atoms with E-state index >= 15 is 0 Å². The summed E-state index contributed by atoms with van der Waals surface area (Å²) in [4.78, 5) is 23.2. The molecule has 2 aromatic heterocycles. The number of ether oxygens (including phenoxy) is 1. The molecule has 0 radical (unpaired) electrons. The first-order valence-electron chi connectivity index (χ1n) is 12.2. The minimum atomic E-state index is -0.413. The molecule has 37 heavy (non-hydrogen) atoms. The summed E-state index contributed by atoms with van der Waals surface area (Å²) in [5, 5.41) is 14.8. The zero-order valence-electron chi connectivity index (χ0n) is 20.8. The minimum Gasteiger partial charge on any atom is -0.437 e. The van der Waals surface area contributed by atoms with Gasteiger partial charge < -0.3 is 15.8 Å². The van der Waals surface area contributed by atoms with Gasteiger partial charge in [0.1, 0.15) is 10.4 Å². The topological polar surface area (TPSA) is 117 Å². The number of hydrogen-bond acceptors (Lipinski definition) is 8. The van der Waals surface area contributed by atoms with Crippen LogP contribution in [0.2, 0.25) is 0 Å². The molecule has 1 saturated heterocycles. The van der Waals surface area contributed by atoms with Crippen LogP contribution < -0.4 is 15.8 Å². The third-order valence-corrected chi connectivity index (χ3v) is 7.44. The number of primary amides is 1. The van der Waals surface area contributed by atoms with Crippen molar-refractivity contribution in [3.63, 3.8) is 0 Å². The van der Waals surface area contributed by atoms with Crippen molar-refractivity contribution in [3.8, 4) is 17.7 Å². The lowest BCUT2D eigenvalue weighted by Crippen LogP contribution is -2.41. The Balaban J connectivity index is 1.32. The first-order chi connectivity index (χ1) is 17.9. The molecule has 1 aliphatic rings. The molecule has 0 spiro atoms. The number of anilines is 1. The average molecular weight is 513 g/mol. The van der Waals surface area contributed by atoms with Crippen LogP contribution in [0.1, 0.15) is 45.5 Å². The molecule has 9 heteroatoms. The van der Waals surface area contributed by atoms with Gasteiger partial charge in [-0.2, -0.15) is 10.2 Å². The van der Waals surface area contributed by atoms with E-state index in [4.69, 9.17) is 20.4 Å². The normalized spacial score (nSPS) is 15.9. The van der Waals surface area contributed by atoms with Crippen LogP contribution in [0.15, 0.2) is 47.8 Å². The lowest BCUT2D eigenvalue weighted by Gasteiger charge is -2.33. The molecule has 8 nitrogen and oxygen atoms in total. The maximum absolute atomic E-state index is 11.3. The number of nitrogens with one attached hydrogen (secondary N) is 1. The molecule has 2 aromatic carbocycles. The molecule has 1 aliphatic heterocycles. The molecule has 5 rings (SSSR count). The summed E-state index contributed by atoms with van der Waals surface area (Å²) < 4.78 is 7.22. The van der Waals surface area contributed by atoms with E-state index in [1.807, 2.05) is 49.6 Å². The van der Waals surface area contributed by atoms with Crippen LogP contribution in [0.5, 0.6) is 11.6 Å². The highest BCUT2D eigenvalue weighted by atomic mass is 32.1. The number of aryl methyl sites for hydroxylation is 2. The highest BCUT2D eigenvalue weighted by molar-refractivity contribution is 7.17. The molecule has 0 saturated carbocycles. The number of rotatable bonds is 7. The maximum atomic E-state index is 11.3. The summed E-state index contributed by atoms with van der Waals surface area (Å²) in [5.41, 5.74) is 10.2. The van der Waals surface area contributed by atoms with E-state index in [1.165, 1.54) is 0 Å². The van der Waals surface area contributed by atoms with Gasteiger partial charge in [0.15, 0.2) is 0 Å². The third kappa shape index (κ3) is 5.56. The Hall–Kier alpha value is -4.00. The van der Waals surface area contributed by atoms with E-state index in [2.05, 4.69) is 16.3 Å².